The molecule has 17 heavy (non-hydrogen) atoms. The van der Waals surface area contributed by atoms with Crippen molar-refractivity contribution in [1.82, 2.24) is 9.97 Å². The Hall–Kier alpha value is -1.69. The second-order valence-electron chi connectivity index (χ2n) is 3.95. The summed E-state index contributed by atoms with van der Waals surface area (Å²) in [6.07, 6.45) is 0.762. The van der Waals surface area contributed by atoms with Crippen LogP contribution in [-0.2, 0) is 4.84 Å². The van der Waals surface area contributed by atoms with Gasteiger partial charge in [-0.05, 0) is 33.3 Å². The molecular weight excluding hydrogens is 218 g/mol. The Bertz CT molecular complexity index is 387. The molecule has 6 nitrogen and oxygen atoms in total. The molecule has 0 spiro atoms. The number of nitrogens with two attached hydrogens (primary N) is 1. The van der Waals surface area contributed by atoms with Gasteiger partial charge in [0.25, 0.3) is 5.95 Å². The van der Waals surface area contributed by atoms with Gasteiger partial charge in [0.15, 0.2) is 0 Å². The SMILES string of the molecule is CCC(C)ON(C(=N)N)c1nc(C)cc(C)n1. The molecule has 1 aromatic rings. The van der Waals surface area contributed by atoms with Crippen LogP contribution in [0.25, 0.3) is 0 Å². The Balaban J connectivity index is 3.01. The molecule has 0 saturated heterocycles. The Kier molecular flexibility index (Phi) is 4.39. The Morgan fingerprint density at radius 1 is 1.47 bits per heavy atom. The number of guanidine groups is 1. The van der Waals surface area contributed by atoms with E-state index in [1.165, 1.54) is 0 Å². The molecule has 0 aromatic carbocycles. The quantitative estimate of drug-likeness (QED) is 0.471. The van der Waals surface area contributed by atoms with Crippen LogP contribution in [0.15, 0.2) is 6.07 Å². The maximum atomic E-state index is 7.50. The van der Waals surface area contributed by atoms with Gasteiger partial charge >= 0.3 is 0 Å². The van der Waals surface area contributed by atoms with Crippen LogP contribution in [0.4, 0.5) is 5.95 Å². The fraction of sp³-hybridized carbons (Fsp3) is 0.545. The third-order valence-corrected chi connectivity index (χ3v) is 2.23. The molecule has 0 fully saturated rings. The maximum absolute atomic E-state index is 7.50. The number of nitrogens with zero attached hydrogens (tertiary/aromatic N) is 3. The first kappa shape index (κ1) is 13.4. The van der Waals surface area contributed by atoms with Crippen LogP contribution >= 0.6 is 0 Å². The van der Waals surface area contributed by atoms with Crippen molar-refractivity contribution in [3.8, 4) is 0 Å². The normalized spacial score (nSPS) is 12.2. The molecule has 3 N–H and O–H groups in total. The molecule has 1 atom stereocenters. The smallest absolute Gasteiger partial charge is 0.257 e. The Morgan fingerprint density at radius 3 is 2.41 bits per heavy atom. The molecule has 0 aliphatic heterocycles. The summed E-state index contributed by atoms with van der Waals surface area (Å²) in [5.74, 6) is 0.0746. The predicted molar refractivity (Wildman–Crippen MR) is 66.7 cm³/mol. The van der Waals surface area contributed by atoms with E-state index in [-0.39, 0.29) is 12.1 Å². The van der Waals surface area contributed by atoms with Crippen LogP contribution < -0.4 is 10.8 Å². The molecular formula is C11H19N5O. The predicted octanol–water partition coefficient (Wildman–Crippen LogP) is 1.52. The van der Waals surface area contributed by atoms with Crippen LogP contribution in [-0.4, -0.2) is 22.0 Å². The summed E-state index contributed by atoms with van der Waals surface area (Å²) in [4.78, 5) is 13.9. The number of hydrogen-bond acceptors (Lipinski definition) is 4. The molecule has 6 heteroatoms. The first-order chi connectivity index (χ1) is 7.93. The van der Waals surface area contributed by atoms with Crippen molar-refractivity contribution in [3.63, 3.8) is 0 Å². The van der Waals surface area contributed by atoms with Crippen LogP contribution in [0.3, 0.4) is 0 Å². The zero-order valence-electron chi connectivity index (χ0n) is 10.7. The van der Waals surface area contributed by atoms with E-state index in [4.69, 9.17) is 16.0 Å². The number of rotatable bonds is 4. The Morgan fingerprint density at radius 2 is 2.00 bits per heavy atom. The lowest BCUT2D eigenvalue weighted by molar-refractivity contribution is 0.0662. The van der Waals surface area contributed by atoms with E-state index in [1.54, 1.807) is 0 Å². The second-order valence-corrected chi connectivity index (χ2v) is 3.95. The third kappa shape index (κ3) is 3.67. The maximum Gasteiger partial charge on any atom is 0.257 e. The van der Waals surface area contributed by atoms with Crippen molar-refractivity contribution >= 4 is 11.9 Å². The fourth-order valence-corrected chi connectivity index (χ4v) is 1.26. The van der Waals surface area contributed by atoms with E-state index in [9.17, 15) is 0 Å². The summed E-state index contributed by atoms with van der Waals surface area (Å²) < 4.78 is 0. The van der Waals surface area contributed by atoms with Crippen molar-refractivity contribution in [3.05, 3.63) is 17.5 Å². The number of aryl methyl sites for hydroxylation is 2. The topological polar surface area (TPSA) is 88.1 Å². The van der Waals surface area contributed by atoms with E-state index in [0.29, 0.717) is 5.95 Å². The summed E-state index contributed by atoms with van der Waals surface area (Å²) in [7, 11) is 0. The molecule has 94 valence electrons. The van der Waals surface area contributed by atoms with Crippen molar-refractivity contribution in [2.75, 3.05) is 5.06 Å². The minimum Gasteiger partial charge on any atom is -0.368 e. The highest BCUT2D eigenvalue weighted by Gasteiger charge is 2.17. The molecule has 0 bridgehead atoms. The Labute approximate surface area is 101 Å². The van der Waals surface area contributed by atoms with Gasteiger partial charge in [-0.2, -0.15) is 5.06 Å². The number of nitrogens with one attached hydrogen (secondary N) is 1. The van der Waals surface area contributed by atoms with Crippen LogP contribution in [0.5, 0.6) is 0 Å². The van der Waals surface area contributed by atoms with Gasteiger partial charge in [0.2, 0.25) is 5.96 Å². The van der Waals surface area contributed by atoms with Crippen LogP contribution in [0, 0.1) is 19.3 Å². The van der Waals surface area contributed by atoms with Gasteiger partial charge in [0, 0.05) is 11.4 Å². The molecule has 0 saturated carbocycles. The van der Waals surface area contributed by atoms with E-state index < -0.39 is 0 Å². The van der Waals surface area contributed by atoms with E-state index >= 15 is 0 Å². The van der Waals surface area contributed by atoms with Crippen molar-refractivity contribution in [2.24, 2.45) is 5.73 Å². The molecule has 1 unspecified atom stereocenters. The van der Waals surface area contributed by atoms with Crippen molar-refractivity contribution in [1.29, 1.82) is 5.41 Å². The fourth-order valence-electron chi connectivity index (χ4n) is 1.26. The van der Waals surface area contributed by atoms with Crippen LogP contribution in [0.2, 0.25) is 0 Å². The van der Waals surface area contributed by atoms with Gasteiger partial charge in [-0.1, -0.05) is 6.92 Å². The van der Waals surface area contributed by atoms with E-state index in [2.05, 4.69) is 9.97 Å². The highest BCUT2D eigenvalue weighted by Crippen LogP contribution is 2.12. The van der Waals surface area contributed by atoms with Gasteiger partial charge in [-0.25, -0.2) is 9.97 Å². The summed E-state index contributed by atoms with van der Waals surface area (Å²) in [5, 5.41) is 8.66. The minimum absolute atomic E-state index is 0.0525. The van der Waals surface area contributed by atoms with Crippen molar-refractivity contribution in [2.45, 2.75) is 40.2 Å². The largest absolute Gasteiger partial charge is 0.368 e. The minimum atomic E-state index is -0.227. The molecule has 0 radical (unpaired) electrons. The molecule has 1 heterocycles. The zero-order chi connectivity index (χ0) is 13.0. The lowest BCUT2D eigenvalue weighted by Crippen LogP contribution is -2.40. The molecule has 0 aliphatic carbocycles. The van der Waals surface area contributed by atoms with Gasteiger partial charge < -0.3 is 5.73 Å². The molecule has 1 aromatic heterocycles. The average Bonchev–Trinajstić information content (AvgIpc) is 2.23. The highest BCUT2D eigenvalue weighted by molar-refractivity contribution is 5.88. The number of hydrogen-bond donors (Lipinski definition) is 2. The first-order valence-electron chi connectivity index (χ1n) is 5.57. The summed E-state index contributed by atoms with van der Waals surface area (Å²) in [5.41, 5.74) is 7.10. The van der Waals surface area contributed by atoms with E-state index in [0.717, 1.165) is 22.9 Å². The first-order valence-corrected chi connectivity index (χ1v) is 5.57. The summed E-state index contributed by atoms with van der Waals surface area (Å²) in [6, 6.07) is 1.85. The van der Waals surface area contributed by atoms with E-state index in [1.807, 2.05) is 33.8 Å². The number of anilines is 1. The van der Waals surface area contributed by atoms with Gasteiger partial charge in [0.05, 0.1) is 6.10 Å². The average molecular weight is 237 g/mol. The number of hydroxylamine groups is 1. The lowest BCUT2D eigenvalue weighted by Gasteiger charge is -2.23. The highest BCUT2D eigenvalue weighted by atomic mass is 16.7. The second kappa shape index (κ2) is 5.58. The molecule has 1 rings (SSSR count). The van der Waals surface area contributed by atoms with Gasteiger partial charge in [-0.15, -0.1) is 0 Å². The monoisotopic (exact) mass is 237 g/mol. The summed E-state index contributed by atoms with van der Waals surface area (Å²) in [6.45, 7) is 7.61. The lowest BCUT2D eigenvalue weighted by atomic mass is 10.3. The zero-order valence-corrected chi connectivity index (χ0v) is 10.7. The van der Waals surface area contributed by atoms with Gasteiger partial charge in [0.1, 0.15) is 0 Å². The van der Waals surface area contributed by atoms with Crippen molar-refractivity contribution < 1.29 is 4.84 Å². The third-order valence-electron chi connectivity index (χ3n) is 2.23. The van der Waals surface area contributed by atoms with Gasteiger partial charge in [-0.3, -0.25) is 10.2 Å². The molecule has 0 amide bonds. The number of aromatic nitrogens is 2. The summed E-state index contributed by atoms with van der Waals surface area (Å²) >= 11 is 0. The molecule has 0 aliphatic rings. The standard InChI is InChI=1S/C11H19N5O/c1-5-9(4)17-16(10(12)13)11-14-7(2)6-8(3)15-11/h6,9H,5H2,1-4H3,(H3,12,13). The van der Waals surface area contributed by atoms with Crippen LogP contribution in [0.1, 0.15) is 31.7 Å².